The molecule has 1 heterocycles. The van der Waals surface area contributed by atoms with E-state index in [9.17, 15) is 19.5 Å². The van der Waals surface area contributed by atoms with Gasteiger partial charge in [-0.25, -0.2) is 0 Å². The summed E-state index contributed by atoms with van der Waals surface area (Å²) in [4.78, 5) is 41.5. The molecule has 3 aliphatic rings. The summed E-state index contributed by atoms with van der Waals surface area (Å²) in [5.74, 6) is -0.317. The smallest absolute Gasteiger partial charge is 0.305 e. The highest BCUT2D eigenvalue weighted by molar-refractivity contribution is 6.06. The van der Waals surface area contributed by atoms with E-state index in [-0.39, 0.29) is 35.4 Å². The number of hydrogen-bond donors (Lipinski definition) is 1. The Hall–Kier alpha value is -3.87. The van der Waals surface area contributed by atoms with Gasteiger partial charge >= 0.3 is 5.97 Å². The summed E-state index contributed by atoms with van der Waals surface area (Å²) in [6.07, 6.45) is 1.91. The second-order valence-corrected chi connectivity index (χ2v) is 13.5. The van der Waals surface area contributed by atoms with Crippen molar-refractivity contribution < 1.29 is 29.0 Å². The highest BCUT2D eigenvalue weighted by atomic mass is 16.5. The number of Topliss-reactive ketones (excluding diaryl/α,β-unsaturated/α-hetero) is 2. The van der Waals surface area contributed by atoms with Crippen LogP contribution in [0.2, 0.25) is 0 Å². The minimum Gasteiger partial charge on any atom is -0.493 e. The first-order chi connectivity index (χ1) is 19.8. The largest absolute Gasteiger partial charge is 0.493 e. The van der Waals surface area contributed by atoms with Crippen LogP contribution >= 0.6 is 0 Å². The van der Waals surface area contributed by atoms with Gasteiger partial charge in [0, 0.05) is 47.8 Å². The lowest BCUT2D eigenvalue weighted by Crippen LogP contribution is -2.45. The third-order valence-electron chi connectivity index (χ3n) is 8.61. The number of aliphatic carboxylic acids is 1. The number of carboxylic acids is 1. The number of benzene rings is 2. The first kappa shape index (κ1) is 29.6. The summed E-state index contributed by atoms with van der Waals surface area (Å²) in [6, 6.07) is 13.8. The molecule has 2 aromatic carbocycles. The first-order valence-electron chi connectivity index (χ1n) is 14.7. The molecule has 42 heavy (non-hydrogen) atoms. The molecule has 0 spiro atoms. The molecule has 1 N–H and O–H groups in total. The van der Waals surface area contributed by atoms with E-state index in [1.165, 1.54) is 5.56 Å². The van der Waals surface area contributed by atoms with Gasteiger partial charge < -0.3 is 19.5 Å². The molecule has 0 amide bonds. The Balaban J connectivity index is 1.62. The van der Waals surface area contributed by atoms with Gasteiger partial charge in [0.2, 0.25) is 0 Å². The third-order valence-corrected chi connectivity index (χ3v) is 8.61. The SMILES string of the molecule is COc1cc(C2C3=C(CC(C)(C)CC3=O)N(CCC(=O)O)C3=C2C(=O)CC(C)(C)C3)ccc1OCc1ccc(C)cc1. The summed E-state index contributed by atoms with van der Waals surface area (Å²) < 4.78 is 11.9. The minimum atomic E-state index is -0.907. The molecule has 7 nitrogen and oxygen atoms in total. The maximum atomic E-state index is 13.9. The van der Waals surface area contributed by atoms with E-state index in [4.69, 9.17) is 9.47 Å². The fourth-order valence-corrected chi connectivity index (χ4v) is 6.69. The maximum Gasteiger partial charge on any atom is 0.305 e. The van der Waals surface area contributed by atoms with Crippen LogP contribution < -0.4 is 9.47 Å². The molecule has 0 unspecified atom stereocenters. The van der Waals surface area contributed by atoms with Crippen LogP contribution in [-0.2, 0) is 21.0 Å². The summed E-state index contributed by atoms with van der Waals surface area (Å²) in [7, 11) is 1.59. The first-order valence-corrected chi connectivity index (χ1v) is 14.7. The van der Waals surface area contributed by atoms with E-state index >= 15 is 0 Å². The van der Waals surface area contributed by atoms with Crippen LogP contribution in [0.15, 0.2) is 65.0 Å². The second kappa shape index (κ2) is 11.1. The quantitative estimate of drug-likeness (QED) is 0.375. The van der Waals surface area contributed by atoms with Crippen LogP contribution in [0.25, 0.3) is 0 Å². The van der Waals surface area contributed by atoms with Crippen molar-refractivity contribution in [2.24, 2.45) is 10.8 Å². The van der Waals surface area contributed by atoms with Crippen LogP contribution in [0.5, 0.6) is 11.5 Å². The zero-order valence-corrected chi connectivity index (χ0v) is 25.5. The third kappa shape index (κ3) is 5.87. The summed E-state index contributed by atoms with van der Waals surface area (Å²) in [5.41, 5.74) is 5.39. The average Bonchev–Trinajstić information content (AvgIpc) is 2.89. The van der Waals surface area contributed by atoms with Gasteiger partial charge in [-0.15, -0.1) is 0 Å². The van der Waals surface area contributed by atoms with Gasteiger partial charge in [-0.05, 0) is 53.9 Å². The number of rotatable bonds is 8. The van der Waals surface area contributed by atoms with Crippen molar-refractivity contribution in [3.05, 3.63) is 81.7 Å². The summed E-state index contributed by atoms with van der Waals surface area (Å²) in [6.45, 7) is 10.9. The van der Waals surface area contributed by atoms with Gasteiger partial charge in [0.25, 0.3) is 0 Å². The lowest BCUT2D eigenvalue weighted by molar-refractivity contribution is -0.137. The molecule has 2 aliphatic carbocycles. The van der Waals surface area contributed by atoms with E-state index in [2.05, 4.69) is 27.7 Å². The number of allylic oxidation sites excluding steroid dienone is 4. The number of ketones is 2. The van der Waals surface area contributed by atoms with E-state index in [1.54, 1.807) is 7.11 Å². The molecule has 7 heteroatoms. The number of aryl methyl sites for hydroxylation is 1. The molecular weight excluding hydrogens is 530 g/mol. The van der Waals surface area contributed by atoms with Gasteiger partial charge in [0.15, 0.2) is 23.1 Å². The average molecular weight is 572 g/mol. The predicted octanol–water partition coefficient (Wildman–Crippen LogP) is 6.74. The Morgan fingerprint density at radius 1 is 0.881 bits per heavy atom. The number of carbonyl (C=O) groups excluding carboxylic acids is 2. The van der Waals surface area contributed by atoms with E-state index in [0.717, 1.165) is 22.5 Å². The molecule has 1 aliphatic heterocycles. The standard InChI is InChI=1S/C35H41NO6/c1-21-7-9-22(10-8-21)20-42-28-12-11-23(15-29(28)41-6)31-32-24(16-34(2,3)18-26(32)37)36(14-13-30(39)40)25-17-35(4,5)19-27(38)33(25)31/h7-12,15,31H,13-14,16-20H2,1-6H3,(H,39,40). The van der Waals surface area contributed by atoms with E-state index in [1.807, 2.05) is 54.3 Å². The Labute approximate surface area is 248 Å². The Kier molecular flexibility index (Phi) is 7.82. The van der Waals surface area contributed by atoms with Crippen LogP contribution in [0.3, 0.4) is 0 Å². The molecule has 0 aromatic heterocycles. The van der Waals surface area contributed by atoms with Gasteiger partial charge in [-0.3, -0.25) is 14.4 Å². The topological polar surface area (TPSA) is 93.1 Å². The van der Waals surface area contributed by atoms with Crippen molar-refractivity contribution in [3.8, 4) is 11.5 Å². The minimum absolute atomic E-state index is 0.00873. The molecule has 222 valence electrons. The fourth-order valence-electron chi connectivity index (χ4n) is 6.69. The van der Waals surface area contributed by atoms with Crippen molar-refractivity contribution in [1.29, 1.82) is 0 Å². The zero-order valence-electron chi connectivity index (χ0n) is 25.5. The predicted molar refractivity (Wildman–Crippen MR) is 160 cm³/mol. The molecular formula is C35H41NO6. The normalized spacial score (nSPS) is 19.9. The fraction of sp³-hybridized carbons (Fsp3) is 0.457. The van der Waals surface area contributed by atoms with E-state index < -0.39 is 11.9 Å². The number of ether oxygens (including phenoxy) is 2. The highest BCUT2D eigenvalue weighted by Crippen LogP contribution is 2.55. The van der Waals surface area contributed by atoms with Gasteiger partial charge in [-0.1, -0.05) is 63.6 Å². The lowest BCUT2D eigenvalue weighted by atomic mass is 9.63. The number of carboxylic acid groups (broad SMARTS) is 1. The molecule has 0 saturated carbocycles. The Morgan fingerprint density at radius 2 is 1.45 bits per heavy atom. The Bertz CT molecular complexity index is 1440. The number of carbonyl (C=O) groups is 3. The number of methoxy groups -OCH3 is 1. The van der Waals surface area contributed by atoms with Crippen LogP contribution in [-0.4, -0.2) is 41.2 Å². The molecule has 0 saturated heterocycles. The molecule has 5 rings (SSSR count). The van der Waals surface area contributed by atoms with E-state index in [0.29, 0.717) is 54.9 Å². The molecule has 0 fully saturated rings. The lowest BCUT2D eigenvalue weighted by Gasteiger charge is -2.49. The number of hydrogen-bond acceptors (Lipinski definition) is 6. The van der Waals surface area contributed by atoms with Crippen molar-refractivity contribution >= 4 is 17.5 Å². The van der Waals surface area contributed by atoms with Crippen LogP contribution in [0.4, 0.5) is 0 Å². The molecule has 0 bridgehead atoms. The monoisotopic (exact) mass is 571 g/mol. The van der Waals surface area contributed by atoms with Crippen LogP contribution in [0, 0.1) is 17.8 Å². The van der Waals surface area contributed by atoms with Gasteiger partial charge in [0.1, 0.15) is 6.61 Å². The number of nitrogens with zero attached hydrogens (tertiary/aromatic N) is 1. The highest BCUT2D eigenvalue weighted by Gasteiger charge is 2.49. The van der Waals surface area contributed by atoms with Gasteiger partial charge in [-0.2, -0.15) is 0 Å². The zero-order chi connectivity index (χ0) is 30.4. The van der Waals surface area contributed by atoms with Crippen molar-refractivity contribution in [2.45, 2.75) is 79.2 Å². The Morgan fingerprint density at radius 3 is 1.98 bits per heavy atom. The van der Waals surface area contributed by atoms with Crippen molar-refractivity contribution in [2.75, 3.05) is 13.7 Å². The summed E-state index contributed by atoms with van der Waals surface area (Å²) >= 11 is 0. The van der Waals surface area contributed by atoms with Crippen LogP contribution in [0.1, 0.15) is 82.4 Å². The summed E-state index contributed by atoms with van der Waals surface area (Å²) in [5, 5.41) is 9.57. The molecule has 2 aromatic rings. The van der Waals surface area contributed by atoms with Gasteiger partial charge in [0.05, 0.1) is 13.5 Å². The maximum absolute atomic E-state index is 13.9. The van der Waals surface area contributed by atoms with Crippen molar-refractivity contribution in [1.82, 2.24) is 4.90 Å². The molecule has 0 atom stereocenters. The second-order valence-electron chi connectivity index (χ2n) is 13.5. The molecule has 0 radical (unpaired) electrons. The van der Waals surface area contributed by atoms with Crippen molar-refractivity contribution in [3.63, 3.8) is 0 Å².